The fraction of sp³-hybridized carbons (Fsp3) is 0.385. The zero-order valence-corrected chi connectivity index (χ0v) is 10.7. The van der Waals surface area contributed by atoms with Crippen LogP contribution in [0, 0.1) is 6.92 Å². The number of hydrogen-bond acceptors (Lipinski definition) is 3. The molecule has 1 saturated carbocycles. The fourth-order valence-corrected chi connectivity index (χ4v) is 2.81. The summed E-state index contributed by atoms with van der Waals surface area (Å²) in [5.74, 6) is 0.965. The van der Waals surface area contributed by atoms with Crippen molar-refractivity contribution in [1.29, 1.82) is 0 Å². The van der Waals surface area contributed by atoms with Gasteiger partial charge in [-0.3, -0.25) is 0 Å². The lowest BCUT2D eigenvalue weighted by Gasteiger charge is -2.04. The highest BCUT2D eigenvalue weighted by molar-refractivity contribution is 7.98. The highest BCUT2D eigenvalue weighted by Gasteiger charge is 2.26. The molecule has 0 atom stereocenters. The lowest BCUT2D eigenvalue weighted by Crippen LogP contribution is -1.94. The van der Waals surface area contributed by atoms with Gasteiger partial charge >= 0.3 is 0 Å². The quantitative estimate of drug-likeness (QED) is 0.775. The largest absolute Gasteiger partial charge is 0.306 e. The van der Waals surface area contributed by atoms with Crippen LogP contribution < -0.4 is 0 Å². The Morgan fingerprint density at radius 2 is 2.29 bits per heavy atom. The van der Waals surface area contributed by atoms with Gasteiger partial charge < -0.3 is 4.57 Å². The first-order valence-electron chi connectivity index (χ1n) is 5.91. The van der Waals surface area contributed by atoms with Crippen LogP contribution in [-0.4, -0.2) is 14.8 Å². The summed E-state index contributed by atoms with van der Waals surface area (Å²) in [7, 11) is 0. The van der Waals surface area contributed by atoms with Crippen molar-refractivity contribution in [2.24, 2.45) is 0 Å². The Hall–Kier alpha value is -1.29. The predicted molar refractivity (Wildman–Crippen MR) is 69.0 cm³/mol. The molecular formula is C13H15N3S. The molecule has 0 spiro atoms. The van der Waals surface area contributed by atoms with Crippen molar-refractivity contribution >= 4 is 11.8 Å². The van der Waals surface area contributed by atoms with E-state index in [4.69, 9.17) is 0 Å². The first kappa shape index (κ1) is 10.8. The van der Waals surface area contributed by atoms with Crippen molar-refractivity contribution in [3.63, 3.8) is 0 Å². The number of aryl methyl sites for hydroxylation is 1. The van der Waals surface area contributed by atoms with E-state index < -0.39 is 0 Å². The van der Waals surface area contributed by atoms with Gasteiger partial charge in [-0.15, -0.1) is 10.2 Å². The van der Waals surface area contributed by atoms with E-state index in [-0.39, 0.29) is 0 Å². The van der Waals surface area contributed by atoms with Crippen molar-refractivity contribution in [1.82, 2.24) is 14.8 Å². The van der Waals surface area contributed by atoms with Crippen LogP contribution in [0.1, 0.15) is 30.0 Å². The highest BCUT2D eigenvalue weighted by atomic mass is 32.2. The van der Waals surface area contributed by atoms with Crippen LogP contribution >= 0.6 is 11.8 Å². The third-order valence-corrected chi connectivity index (χ3v) is 3.96. The summed E-state index contributed by atoms with van der Waals surface area (Å²) in [5.41, 5.74) is 2.66. The monoisotopic (exact) mass is 245 g/mol. The maximum Gasteiger partial charge on any atom is 0.191 e. The number of nitrogens with zero attached hydrogens (tertiary/aromatic N) is 3. The molecule has 0 N–H and O–H groups in total. The molecule has 2 aromatic rings. The molecule has 0 bridgehead atoms. The van der Waals surface area contributed by atoms with Gasteiger partial charge in [-0.25, -0.2) is 0 Å². The second-order valence-electron chi connectivity index (χ2n) is 4.53. The Labute approximate surface area is 105 Å². The van der Waals surface area contributed by atoms with Crippen LogP contribution in [0.25, 0.3) is 0 Å². The maximum atomic E-state index is 4.19. The van der Waals surface area contributed by atoms with Gasteiger partial charge in [0.2, 0.25) is 0 Å². The van der Waals surface area contributed by atoms with E-state index in [1.165, 1.54) is 24.0 Å². The third-order valence-electron chi connectivity index (χ3n) is 2.93. The van der Waals surface area contributed by atoms with E-state index in [0.29, 0.717) is 6.04 Å². The van der Waals surface area contributed by atoms with Crippen LogP contribution in [0.15, 0.2) is 35.7 Å². The molecule has 3 nitrogen and oxygen atoms in total. The van der Waals surface area contributed by atoms with Gasteiger partial charge in [-0.2, -0.15) is 0 Å². The molecule has 1 aromatic carbocycles. The molecule has 3 rings (SSSR count). The summed E-state index contributed by atoms with van der Waals surface area (Å²) >= 11 is 1.77. The Morgan fingerprint density at radius 1 is 1.41 bits per heavy atom. The van der Waals surface area contributed by atoms with E-state index >= 15 is 0 Å². The Kier molecular flexibility index (Phi) is 2.89. The molecule has 0 radical (unpaired) electrons. The van der Waals surface area contributed by atoms with Gasteiger partial charge in [0.25, 0.3) is 0 Å². The molecule has 1 heterocycles. The van der Waals surface area contributed by atoms with Crippen LogP contribution in [0.5, 0.6) is 0 Å². The molecule has 88 valence electrons. The average Bonchev–Trinajstić information content (AvgIpc) is 3.06. The smallest absolute Gasteiger partial charge is 0.191 e. The SMILES string of the molecule is Cc1cccc(CSc2nncn2C2CC2)c1. The predicted octanol–water partition coefficient (Wildman–Crippen LogP) is 3.21. The Balaban J connectivity index is 1.69. The molecule has 0 amide bonds. The molecular weight excluding hydrogens is 230 g/mol. The summed E-state index contributed by atoms with van der Waals surface area (Å²) < 4.78 is 2.21. The molecule has 17 heavy (non-hydrogen) atoms. The Bertz CT molecular complexity index is 517. The van der Waals surface area contributed by atoms with Gasteiger partial charge in [-0.05, 0) is 25.3 Å². The lowest BCUT2D eigenvalue weighted by molar-refractivity contribution is 0.663. The van der Waals surface area contributed by atoms with Gasteiger partial charge in [0.05, 0.1) is 0 Å². The minimum atomic E-state index is 0.657. The molecule has 4 heteroatoms. The highest BCUT2D eigenvalue weighted by Crippen LogP contribution is 2.37. The van der Waals surface area contributed by atoms with Crippen molar-refractivity contribution in [2.45, 2.75) is 36.7 Å². The van der Waals surface area contributed by atoms with E-state index in [9.17, 15) is 0 Å². The van der Waals surface area contributed by atoms with Gasteiger partial charge in [0.15, 0.2) is 5.16 Å². The van der Waals surface area contributed by atoms with Gasteiger partial charge in [-0.1, -0.05) is 41.6 Å². The lowest BCUT2D eigenvalue weighted by atomic mass is 10.2. The summed E-state index contributed by atoms with van der Waals surface area (Å²) in [6.45, 7) is 2.13. The van der Waals surface area contributed by atoms with Crippen molar-refractivity contribution in [2.75, 3.05) is 0 Å². The zero-order valence-electron chi connectivity index (χ0n) is 9.84. The average molecular weight is 245 g/mol. The summed E-state index contributed by atoms with van der Waals surface area (Å²) in [5, 5.41) is 9.25. The van der Waals surface area contributed by atoms with Crippen LogP contribution in [-0.2, 0) is 5.75 Å². The van der Waals surface area contributed by atoms with Gasteiger partial charge in [0.1, 0.15) is 6.33 Å². The van der Waals surface area contributed by atoms with Crippen LogP contribution in [0.3, 0.4) is 0 Å². The third kappa shape index (κ3) is 2.52. The molecule has 1 aliphatic carbocycles. The van der Waals surface area contributed by atoms with Crippen molar-refractivity contribution < 1.29 is 0 Å². The van der Waals surface area contributed by atoms with E-state index in [0.717, 1.165) is 10.9 Å². The first-order valence-corrected chi connectivity index (χ1v) is 6.89. The van der Waals surface area contributed by atoms with Crippen molar-refractivity contribution in [3.8, 4) is 0 Å². The summed E-state index contributed by atoms with van der Waals surface area (Å²) in [6.07, 6.45) is 4.41. The number of benzene rings is 1. The van der Waals surface area contributed by atoms with E-state index in [1.807, 2.05) is 6.33 Å². The number of aromatic nitrogens is 3. The minimum Gasteiger partial charge on any atom is -0.306 e. The van der Waals surface area contributed by atoms with Crippen LogP contribution in [0.4, 0.5) is 0 Å². The normalized spacial score (nSPS) is 15.1. The Morgan fingerprint density at radius 3 is 3.06 bits per heavy atom. The molecule has 1 aromatic heterocycles. The molecule has 1 aliphatic rings. The number of thioether (sulfide) groups is 1. The number of rotatable bonds is 4. The zero-order chi connectivity index (χ0) is 11.7. The van der Waals surface area contributed by atoms with Gasteiger partial charge in [0, 0.05) is 11.8 Å². The molecule has 0 saturated heterocycles. The van der Waals surface area contributed by atoms with Crippen molar-refractivity contribution in [3.05, 3.63) is 41.7 Å². The van der Waals surface area contributed by atoms with E-state index in [2.05, 4.69) is 46.0 Å². The minimum absolute atomic E-state index is 0.657. The van der Waals surface area contributed by atoms with Crippen LogP contribution in [0.2, 0.25) is 0 Å². The first-order chi connectivity index (χ1) is 8.33. The molecule has 0 aliphatic heterocycles. The topological polar surface area (TPSA) is 30.7 Å². The second kappa shape index (κ2) is 4.53. The summed E-state index contributed by atoms with van der Waals surface area (Å²) in [4.78, 5) is 0. The molecule has 0 unspecified atom stereocenters. The number of hydrogen-bond donors (Lipinski definition) is 0. The maximum absolute atomic E-state index is 4.19. The second-order valence-corrected chi connectivity index (χ2v) is 5.47. The summed E-state index contributed by atoms with van der Waals surface area (Å²) in [6, 6.07) is 9.28. The molecule has 1 fully saturated rings. The standard InChI is InChI=1S/C13H15N3S/c1-10-3-2-4-11(7-10)8-17-13-15-14-9-16(13)12-5-6-12/h2-4,7,9,12H,5-6,8H2,1H3. The fourth-order valence-electron chi connectivity index (χ4n) is 1.89. The van der Waals surface area contributed by atoms with E-state index in [1.54, 1.807) is 11.8 Å².